The van der Waals surface area contributed by atoms with E-state index in [2.05, 4.69) is 5.32 Å². The third kappa shape index (κ3) is 3.94. The molecule has 2 aromatic rings. The summed E-state index contributed by atoms with van der Waals surface area (Å²) in [7, 11) is -1.83. The summed E-state index contributed by atoms with van der Waals surface area (Å²) >= 11 is 5.98. The maximum absolute atomic E-state index is 12.6. The number of nitrogens with one attached hydrogen (secondary N) is 1. The topological polar surface area (TPSA) is 75.7 Å². The van der Waals surface area contributed by atoms with Crippen LogP contribution in [0.2, 0.25) is 5.02 Å². The molecule has 0 unspecified atom stereocenters. The predicted molar refractivity (Wildman–Crippen MR) is 103 cm³/mol. The van der Waals surface area contributed by atoms with Gasteiger partial charge in [-0.25, -0.2) is 8.42 Å². The van der Waals surface area contributed by atoms with Crippen molar-refractivity contribution in [3.8, 4) is 5.75 Å². The Hall–Kier alpha value is -2.25. The van der Waals surface area contributed by atoms with E-state index in [4.69, 9.17) is 16.3 Å². The van der Waals surface area contributed by atoms with E-state index in [0.29, 0.717) is 40.7 Å². The van der Waals surface area contributed by atoms with E-state index in [1.807, 2.05) is 0 Å². The lowest BCUT2D eigenvalue weighted by Gasteiger charge is -2.28. The number of carbonyl (C=O) groups is 1. The Bertz CT molecular complexity index is 931. The molecule has 26 heavy (non-hydrogen) atoms. The van der Waals surface area contributed by atoms with Crippen LogP contribution in [0.1, 0.15) is 23.2 Å². The molecule has 1 amide bonds. The Kier molecular flexibility index (Phi) is 5.38. The molecule has 1 saturated heterocycles. The molecule has 3 rings (SSSR count). The lowest BCUT2D eigenvalue weighted by molar-refractivity contribution is 0.102. The fourth-order valence-corrected chi connectivity index (χ4v) is 4.66. The van der Waals surface area contributed by atoms with Gasteiger partial charge >= 0.3 is 0 Å². The number of nitrogens with zero attached hydrogens (tertiary/aromatic N) is 1. The van der Waals surface area contributed by atoms with Crippen LogP contribution in [-0.4, -0.2) is 33.7 Å². The van der Waals surface area contributed by atoms with Gasteiger partial charge in [-0.2, -0.15) is 0 Å². The number of halogens is 1. The summed E-state index contributed by atoms with van der Waals surface area (Å²) in [5.41, 5.74) is 1.29. The Morgan fingerprint density at radius 1 is 1.19 bits per heavy atom. The molecular formula is C18H19ClN2O4S. The molecule has 138 valence electrons. The van der Waals surface area contributed by atoms with E-state index in [1.165, 1.54) is 11.4 Å². The fourth-order valence-electron chi connectivity index (χ4n) is 2.85. The van der Waals surface area contributed by atoms with Crippen LogP contribution in [0.3, 0.4) is 0 Å². The summed E-state index contributed by atoms with van der Waals surface area (Å²) < 4.78 is 31.1. The van der Waals surface area contributed by atoms with Crippen molar-refractivity contribution in [1.82, 2.24) is 0 Å². The van der Waals surface area contributed by atoms with Crippen LogP contribution in [-0.2, 0) is 10.0 Å². The molecule has 6 nitrogen and oxygen atoms in total. The number of sulfonamides is 1. The Morgan fingerprint density at radius 2 is 2.00 bits per heavy atom. The quantitative estimate of drug-likeness (QED) is 0.860. The third-order valence-electron chi connectivity index (χ3n) is 4.16. The van der Waals surface area contributed by atoms with Crippen LogP contribution < -0.4 is 14.4 Å². The highest BCUT2D eigenvalue weighted by Gasteiger charge is 2.26. The first kappa shape index (κ1) is 18.5. The van der Waals surface area contributed by atoms with Gasteiger partial charge < -0.3 is 10.1 Å². The molecule has 2 aromatic carbocycles. The van der Waals surface area contributed by atoms with Gasteiger partial charge in [-0.3, -0.25) is 9.10 Å². The van der Waals surface area contributed by atoms with Gasteiger partial charge in [0.1, 0.15) is 5.75 Å². The van der Waals surface area contributed by atoms with Crippen molar-refractivity contribution in [3.05, 3.63) is 53.1 Å². The molecule has 0 aliphatic carbocycles. The SMILES string of the molecule is COc1ccc(Cl)cc1NC(=O)c1cccc(N2CCCCS2(=O)=O)c1. The lowest BCUT2D eigenvalue weighted by atomic mass is 10.1. The summed E-state index contributed by atoms with van der Waals surface area (Å²) in [6.07, 6.45) is 1.46. The second-order valence-electron chi connectivity index (χ2n) is 5.94. The molecule has 1 heterocycles. The number of amides is 1. The van der Waals surface area contributed by atoms with E-state index >= 15 is 0 Å². The normalized spacial score (nSPS) is 16.2. The van der Waals surface area contributed by atoms with Crippen LogP contribution in [0.4, 0.5) is 11.4 Å². The molecule has 0 bridgehead atoms. The molecular weight excluding hydrogens is 376 g/mol. The molecule has 8 heteroatoms. The Morgan fingerprint density at radius 3 is 2.73 bits per heavy atom. The van der Waals surface area contributed by atoms with Gasteiger partial charge in [0.05, 0.1) is 24.2 Å². The van der Waals surface area contributed by atoms with Gasteiger partial charge in [-0.1, -0.05) is 17.7 Å². The number of hydrogen-bond donors (Lipinski definition) is 1. The van der Waals surface area contributed by atoms with Gasteiger partial charge in [0.2, 0.25) is 10.0 Å². The van der Waals surface area contributed by atoms with Gasteiger partial charge in [-0.05, 0) is 49.2 Å². The van der Waals surface area contributed by atoms with Crippen molar-refractivity contribution in [2.75, 3.05) is 29.0 Å². The van der Waals surface area contributed by atoms with Crippen molar-refractivity contribution in [2.45, 2.75) is 12.8 Å². The number of ether oxygens (including phenoxy) is 1. The average molecular weight is 395 g/mol. The zero-order valence-electron chi connectivity index (χ0n) is 14.2. The van der Waals surface area contributed by atoms with Crippen molar-refractivity contribution >= 4 is 38.9 Å². The second-order valence-corrected chi connectivity index (χ2v) is 8.39. The smallest absolute Gasteiger partial charge is 0.255 e. The molecule has 0 aromatic heterocycles. The van der Waals surface area contributed by atoms with Crippen molar-refractivity contribution in [3.63, 3.8) is 0 Å². The summed E-state index contributed by atoms with van der Waals surface area (Å²) in [5.74, 6) is 0.239. The zero-order valence-corrected chi connectivity index (χ0v) is 15.8. The number of methoxy groups -OCH3 is 1. The summed E-state index contributed by atoms with van der Waals surface area (Å²) in [6, 6.07) is 11.5. The molecule has 0 atom stereocenters. The van der Waals surface area contributed by atoms with Gasteiger partial charge in [0, 0.05) is 17.1 Å². The number of benzene rings is 2. The second kappa shape index (κ2) is 7.55. The summed E-state index contributed by atoms with van der Waals surface area (Å²) in [5, 5.41) is 3.22. The predicted octanol–water partition coefficient (Wildman–Crippen LogP) is 3.53. The van der Waals surface area contributed by atoms with Crippen LogP contribution in [0.25, 0.3) is 0 Å². The first-order chi connectivity index (χ1) is 12.4. The number of anilines is 2. The summed E-state index contributed by atoms with van der Waals surface area (Å²) in [4.78, 5) is 12.6. The molecule has 0 radical (unpaired) electrons. The monoisotopic (exact) mass is 394 g/mol. The van der Waals surface area contributed by atoms with Gasteiger partial charge in [0.25, 0.3) is 5.91 Å². The van der Waals surface area contributed by atoms with E-state index < -0.39 is 10.0 Å². The molecule has 1 fully saturated rings. The van der Waals surface area contributed by atoms with Crippen molar-refractivity contribution in [2.24, 2.45) is 0 Å². The van der Waals surface area contributed by atoms with Gasteiger partial charge in [0.15, 0.2) is 0 Å². The van der Waals surface area contributed by atoms with E-state index in [-0.39, 0.29) is 11.7 Å². The van der Waals surface area contributed by atoms with Crippen LogP contribution >= 0.6 is 11.6 Å². The number of rotatable bonds is 4. The average Bonchev–Trinajstić information content (AvgIpc) is 2.61. The van der Waals surface area contributed by atoms with Crippen LogP contribution in [0, 0.1) is 0 Å². The minimum atomic E-state index is -3.33. The lowest BCUT2D eigenvalue weighted by Crippen LogP contribution is -2.37. The zero-order chi connectivity index (χ0) is 18.7. The molecule has 0 spiro atoms. The highest BCUT2D eigenvalue weighted by atomic mass is 35.5. The minimum absolute atomic E-state index is 0.128. The minimum Gasteiger partial charge on any atom is -0.495 e. The largest absolute Gasteiger partial charge is 0.495 e. The van der Waals surface area contributed by atoms with Crippen molar-refractivity contribution < 1.29 is 17.9 Å². The van der Waals surface area contributed by atoms with Crippen molar-refractivity contribution in [1.29, 1.82) is 0 Å². The number of carbonyl (C=O) groups excluding carboxylic acids is 1. The van der Waals surface area contributed by atoms with E-state index in [1.54, 1.807) is 42.5 Å². The highest BCUT2D eigenvalue weighted by Crippen LogP contribution is 2.29. The van der Waals surface area contributed by atoms with Gasteiger partial charge in [-0.15, -0.1) is 0 Å². The van der Waals surface area contributed by atoms with E-state index in [0.717, 1.165) is 6.42 Å². The first-order valence-corrected chi connectivity index (χ1v) is 10.1. The fraction of sp³-hybridized carbons (Fsp3) is 0.278. The maximum Gasteiger partial charge on any atom is 0.255 e. The number of hydrogen-bond acceptors (Lipinski definition) is 4. The Labute approximate surface area is 157 Å². The summed E-state index contributed by atoms with van der Waals surface area (Å²) in [6.45, 7) is 0.426. The third-order valence-corrected chi connectivity index (χ3v) is 6.26. The molecule has 0 saturated carbocycles. The molecule has 1 aliphatic heterocycles. The Balaban J connectivity index is 1.86. The van der Waals surface area contributed by atoms with E-state index in [9.17, 15) is 13.2 Å². The molecule has 1 aliphatic rings. The van der Waals surface area contributed by atoms with Crippen LogP contribution in [0.15, 0.2) is 42.5 Å². The van der Waals surface area contributed by atoms with Crippen LogP contribution in [0.5, 0.6) is 5.75 Å². The molecule has 1 N–H and O–H groups in total. The standard InChI is InChI=1S/C18H19ClN2O4S/c1-25-17-8-7-14(19)12-16(17)20-18(22)13-5-4-6-15(11-13)21-9-2-3-10-26(21,23)24/h4-8,11-12H,2-3,9-10H2,1H3,(H,20,22). The first-order valence-electron chi connectivity index (χ1n) is 8.16. The highest BCUT2D eigenvalue weighted by molar-refractivity contribution is 7.92. The maximum atomic E-state index is 12.6.